The van der Waals surface area contributed by atoms with Crippen LogP contribution in [0.5, 0.6) is 0 Å². The lowest BCUT2D eigenvalue weighted by molar-refractivity contribution is -0.122. The molecule has 0 saturated heterocycles. The molecule has 0 aromatic heterocycles. The second kappa shape index (κ2) is 20.5. The molecule has 0 aromatic carbocycles. The Kier molecular flexibility index (Phi) is 19.9. The van der Waals surface area contributed by atoms with E-state index in [0.29, 0.717) is 85.7 Å². The molecule has 26 heavy (non-hydrogen) atoms. The van der Waals surface area contributed by atoms with Gasteiger partial charge in [-0.05, 0) is 20.8 Å². The predicted octanol–water partition coefficient (Wildman–Crippen LogP) is 1.02. The fourth-order valence-corrected chi connectivity index (χ4v) is 1.80. The highest BCUT2D eigenvalue weighted by molar-refractivity contribution is 5.76. The minimum Gasteiger partial charge on any atom is -0.379 e. The molecular weight excluding hydrogens is 342 g/mol. The van der Waals surface area contributed by atoms with Crippen molar-refractivity contribution in [1.29, 1.82) is 0 Å². The number of nitrogens with one attached hydrogen (secondary N) is 1. The first-order valence-corrected chi connectivity index (χ1v) is 9.42. The average molecular weight is 379 g/mol. The summed E-state index contributed by atoms with van der Waals surface area (Å²) in [6.07, 6.45) is 0.374. The highest BCUT2D eigenvalue weighted by Crippen LogP contribution is 1.87. The van der Waals surface area contributed by atoms with Crippen LogP contribution < -0.4 is 5.32 Å². The zero-order chi connectivity index (χ0) is 19.3. The second-order valence-corrected chi connectivity index (χ2v) is 5.73. The summed E-state index contributed by atoms with van der Waals surface area (Å²) in [6.45, 7) is 12.3. The van der Waals surface area contributed by atoms with E-state index in [2.05, 4.69) is 5.32 Å². The van der Waals surface area contributed by atoms with Crippen LogP contribution in [0.3, 0.4) is 0 Å². The molecule has 0 bridgehead atoms. The van der Waals surface area contributed by atoms with E-state index >= 15 is 0 Å². The van der Waals surface area contributed by atoms with Crippen LogP contribution in [-0.4, -0.2) is 91.2 Å². The largest absolute Gasteiger partial charge is 0.379 e. The Morgan fingerprint density at radius 2 is 1.00 bits per heavy atom. The fourth-order valence-electron chi connectivity index (χ4n) is 1.80. The monoisotopic (exact) mass is 379 g/mol. The van der Waals surface area contributed by atoms with E-state index in [-0.39, 0.29) is 11.9 Å². The van der Waals surface area contributed by atoms with Crippen LogP contribution in [0.15, 0.2) is 0 Å². The fraction of sp³-hybridized carbons (Fsp3) is 0.944. The third-order valence-electron chi connectivity index (χ3n) is 2.99. The lowest BCUT2D eigenvalue weighted by Gasteiger charge is -2.09. The van der Waals surface area contributed by atoms with Crippen LogP contribution >= 0.6 is 0 Å². The number of carbonyl (C=O) groups excluding carboxylic acids is 1. The summed E-state index contributed by atoms with van der Waals surface area (Å²) in [4.78, 5) is 11.4. The third kappa shape index (κ3) is 21.3. The molecule has 0 aliphatic rings. The van der Waals surface area contributed by atoms with Crippen molar-refractivity contribution in [3.8, 4) is 0 Å². The zero-order valence-electron chi connectivity index (χ0n) is 16.6. The topological polar surface area (TPSA) is 84.5 Å². The molecule has 156 valence electrons. The molecule has 0 heterocycles. The van der Waals surface area contributed by atoms with E-state index < -0.39 is 0 Å². The van der Waals surface area contributed by atoms with Gasteiger partial charge < -0.3 is 33.7 Å². The average Bonchev–Trinajstić information content (AvgIpc) is 2.60. The number of amides is 1. The first-order valence-electron chi connectivity index (χ1n) is 9.42. The van der Waals surface area contributed by atoms with E-state index in [1.165, 1.54) is 0 Å². The molecule has 0 unspecified atom stereocenters. The van der Waals surface area contributed by atoms with E-state index in [9.17, 15) is 4.79 Å². The van der Waals surface area contributed by atoms with Crippen LogP contribution in [-0.2, 0) is 33.2 Å². The van der Waals surface area contributed by atoms with Crippen molar-refractivity contribution in [2.75, 3.05) is 79.3 Å². The maximum absolute atomic E-state index is 11.4. The molecule has 0 aromatic rings. The van der Waals surface area contributed by atoms with Crippen molar-refractivity contribution in [3.05, 3.63) is 0 Å². The van der Waals surface area contributed by atoms with Crippen LogP contribution in [0.25, 0.3) is 0 Å². The molecule has 8 nitrogen and oxygen atoms in total. The third-order valence-corrected chi connectivity index (χ3v) is 2.99. The van der Waals surface area contributed by atoms with Gasteiger partial charge in [0, 0.05) is 19.1 Å². The standard InChI is InChI=1S/C18H37NO7/c1-4-21-7-8-23-11-12-25-15-16-26-14-13-24-10-9-22-6-5-18(20)19-17(2)3/h17H,4-16H2,1-3H3,(H,19,20). The van der Waals surface area contributed by atoms with Gasteiger partial charge in [-0.15, -0.1) is 0 Å². The minimum absolute atomic E-state index is 0.00797. The van der Waals surface area contributed by atoms with Gasteiger partial charge >= 0.3 is 0 Å². The molecule has 1 amide bonds. The Morgan fingerprint density at radius 1 is 0.654 bits per heavy atom. The van der Waals surface area contributed by atoms with Crippen molar-refractivity contribution in [1.82, 2.24) is 5.32 Å². The van der Waals surface area contributed by atoms with Crippen LogP contribution in [0.2, 0.25) is 0 Å². The minimum atomic E-state index is 0.00797. The zero-order valence-corrected chi connectivity index (χ0v) is 16.6. The number of ether oxygens (including phenoxy) is 6. The first-order chi connectivity index (χ1) is 12.7. The van der Waals surface area contributed by atoms with Gasteiger partial charge in [-0.25, -0.2) is 0 Å². The molecule has 1 N–H and O–H groups in total. The summed E-state index contributed by atoms with van der Waals surface area (Å²) < 4.78 is 31.9. The lowest BCUT2D eigenvalue weighted by Crippen LogP contribution is -2.30. The molecule has 0 atom stereocenters. The molecule has 0 saturated carbocycles. The molecule has 0 fully saturated rings. The smallest absolute Gasteiger partial charge is 0.222 e. The van der Waals surface area contributed by atoms with Crippen molar-refractivity contribution in [2.45, 2.75) is 33.2 Å². The summed E-state index contributed by atoms with van der Waals surface area (Å²) in [6, 6.07) is 0.162. The van der Waals surface area contributed by atoms with Gasteiger partial charge in [0.1, 0.15) is 0 Å². The Hall–Kier alpha value is -0.770. The normalized spacial score (nSPS) is 11.2. The van der Waals surface area contributed by atoms with E-state index in [4.69, 9.17) is 28.4 Å². The van der Waals surface area contributed by atoms with Gasteiger partial charge in [-0.2, -0.15) is 0 Å². The summed E-state index contributed by atoms with van der Waals surface area (Å²) in [5.74, 6) is 0.00797. The Bertz CT molecular complexity index is 303. The van der Waals surface area contributed by atoms with E-state index in [1.807, 2.05) is 20.8 Å². The van der Waals surface area contributed by atoms with Crippen molar-refractivity contribution < 1.29 is 33.2 Å². The highest BCUT2D eigenvalue weighted by atomic mass is 16.6. The van der Waals surface area contributed by atoms with Crippen molar-refractivity contribution in [2.24, 2.45) is 0 Å². The quantitative estimate of drug-likeness (QED) is 0.316. The van der Waals surface area contributed by atoms with E-state index in [1.54, 1.807) is 0 Å². The molecule has 0 rings (SSSR count). The Morgan fingerprint density at radius 3 is 1.35 bits per heavy atom. The van der Waals surface area contributed by atoms with Gasteiger partial charge in [0.05, 0.1) is 72.7 Å². The predicted molar refractivity (Wildman–Crippen MR) is 98.5 cm³/mol. The molecule has 8 heteroatoms. The molecule has 0 spiro atoms. The Balaban J connectivity index is 3.06. The van der Waals surface area contributed by atoms with E-state index in [0.717, 1.165) is 0 Å². The number of hydrogen-bond acceptors (Lipinski definition) is 7. The second-order valence-electron chi connectivity index (χ2n) is 5.73. The highest BCUT2D eigenvalue weighted by Gasteiger charge is 2.02. The maximum Gasteiger partial charge on any atom is 0.222 e. The van der Waals surface area contributed by atoms with Crippen molar-refractivity contribution in [3.63, 3.8) is 0 Å². The first kappa shape index (κ1) is 25.2. The summed E-state index contributed by atoms with van der Waals surface area (Å²) in [5, 5.41) is 2.81. The summed E-state index contributed by atoms with van der Waals surface area (Å²) in [5.41, 5.74) is 0. The van der Waals surface area contributed by atoms with Crippen LogP contribution in [0.4, 0.5) is 0 Å². The number of carbonyl (C=O) groups is 1. The maximum atomic E-state index is 11.4. The summed E-state index contributed by atoms with van der Waals surface area (Å²) in [7, 11) is 0. The van der Waals surface area contributed by atoms with Crippen molar-refractivity contribution >= 4 is 5.91 Å². The SMILES string of the molecule is CCOCCOCCOCCOCCOCCOCCC(=O)NC(C)C. The van der Waals surface area contributed by atoms with Gasteiger partial charge in [0.25, 0.3) is 0 Å². The Labute approximate surface area is 157 Å². The van der Waals surface area contributed by atoms with Gasteiger partial charge in [-0.1, -0.05) is 0 Å². The molecule has 0 aliphatic carbocycles. The summed E-state index contributed by atoms with van der Waals surface area (Å²) >= 11 is 0. The molecule has 0 radical (unpaired) electrons. The van der Waals surface area contributed by atoms with Crippen LogP contribution in [0.1, 0.15) is 27.2 Å². The van der Waals surface area contributed by atoms with Gasteiger partial charge in [0.15, 0.2) is 0 Å². The van der Waals surface area contributed by atoms with Gasteiger partial charge in [0.2, 0.25) is 5.91 Å². The van der Waals surface area contributed by atoms with Crippen LogP contribution in [0, 0.1) is 0 Å². The molecular formula is C18H37NO7. The number of rotatable bonds is 20. The number of hydrogen-bond donors (Lipinski definition) is 1. The molecule has 0 aliphatic heterocycles. The van der Waals surface area contributed by atoms with Gasteiger partial charge in [-0.3, -0.25) is 4.79 Å². The lowest BCUT2D eigenvalue weighted by atomic mass is 10.3.